The molecule has 1 aliphatic rings. The number of carbonyl (C=O) groups is 1. The molecule has 0 bridgehead atoms. The Morgan fingerprint density at radius 3 is 2.65 bits per heavy atom. The average molecular weight is 347 g/mol. The highest BCUT2D eigenvalue weighted by Crippen LogP contribution is 2.39. The van der Waals surface area contributed by atoms with Gasteiger partial charge in [0, 0.05) is 25.7 Å². The lowest BCUT2D eigenvalue weighted by Crippen LogP contribution is -2.30. The van der Waals surface area contributed by atoms with Gasteiger partial charge in [-0.25, -0.2) is 4.98 Å². The average Bonchev–Trinajstić information content (AvgIpc) is 2.90. The van der Waals surface area contributed by atoms with Crippen LogP contribution in [0.2, 0.25) is 0 Å². The molecule has 4 rings (SSSR count). The summed E-state index contributed by atoms with van der Waals surface area (Å²) in [5.41, 5.74) is 3.72. The lowest BCUT2D eigenvalue weighted by molar-refractivity contribution is -0.119. The minimum Gasteiger partial charge on any atom is -0.312 e. The molecule has 2 aromatic carbocycles. The van der Waals surface area contributed by atoms with Gasteiger partial charge >= 0.3 is 0 Å². The van der Waals surface area contributed by atoms with Gasteiger partial charge in [0.2, 0.25) is 5.91 Å². The van der Waals surface area contributed by atoms with Crippen molar-refractivity contribution < 1.29 is 4.79 Å². The number of benzene rings is 2. The fourth-order valence-electron chi connectivity index (χ4n) is 3.79. The standard InChI is InChI=1S/C21H21N3O2/c1-4-24-18-10-9-13(2)11-15(18)16(21(24)26)12-19-22-17-8-6-5-7-14(17)20(25)23(19)3/h5-11,16H,4,12H2,1-3H3/t16-/m0/s1. The monoisotopic (exact) mass is 347 g/mol. The fraction of sp³-hybridized carbons (Fsp3) is 0.286. The van der Waals surface area contributed by atoms with Crippen molar-refractivity contribution in [1.29, 1.82) is 0 Å². The Balaban J connectivity index is 1.82. The second kappa shape index (κ2) is 6.09. The van der Waals surface area contributed by atoms with E-state index in [2.05, 4.69) is 11.1 Å². The molecule has 0 N–H and O–H groups in total. The minimum absolute atomic E-state index is 0.0761. The van der Waals surface area contributed by atoms with Crippen LogP contribution in [0.5, 0.6) is 0 Å². The van der Waals surface area contributed by atoms with Crippen LogP contribution in [0.25, 0.3) is 10.9 Å². The first-order valence-corrected chi connectivity index (χ1v) is 8.87. The number of aromatic nitrogens is 2. The SMILES string of the molecule is CCN1C(=O)[C@@H](Cc2nc3ccccc3c(=O)n2C)c2cc(C)ccc21. The molecule has 0 saturated heterocycles. The molecule has 26 heavy (non-hydrogen) atoms. The molecule has 1 amide bonds. The summed E-state index contributed by atoms with van der Waals surface area (Å²) >= 11 is 0. The quantitative estimate of drug-likeness (QED) is 0.732. The molecular formula is C21H21N3O2. The zero-order chi connectivity index (χ0) is 18.4. The first-order chi connectivity index (χ1) is 12.5. The van der Waals surface area contributed by atoms with Crippen molar-refractivity contribution in [1.82, 2.24) is 9.55 Å². The van der Waals surface area contributed by atoms with Gasteiger partial charge in [-0.1, -0.05) is 29.8 Å². The van der Waals surface area contributed by atoms with E-state index in [1.54, 1.807) is 17.7 Å². The fourth-order valence-corrected chi connectivity index (χ4v) is 3.79. The van der Waals surface area contributed by atoms with Gasteiger partial charge in [0.05, 0.1) is 16.8 Å². The Labute approximate surface area is 151 Å². The number of rotatable bonds is 3. The van der Waals surface area contributed by atoms with Crippen molar-refractivity contribution in [2.24, 2.45) is 7.05 Å². The van der Waals surface area contributed by atoms with E-state index in [0.717, 1.165) is 16.8 Å². The number of hydrogen-bond donors (Lipinski definition) is 0. The van der Waals surface area contributed by atoms with E-state index in [9.17, 15) is 9.59 Å². The highest BCUT2D eigenvalue weighted by molar-refractivity contribution is 6.05. The largest absolute Gasteiger partial charge is 0.312 e. The van der Waals surface area contributed by atoms with Gasteiger partial charge in [-0.3, -0.25) is 14.2 Å². The van der Waals surface area contributed by atoms with E-state index in [0.29, 0.717) is 29.7 Å². The number of anilines is 1. The molecule has 3 aromatic rings. The zero-order valence-corrected chi connectivity index (χ0v) is 15.2. The molecule has 0 aliphatic carbocycles. The molecule has 1 aliphatic heterocycles. The van der Waals surface area contributed by atoms with E-state index < -0.39 is 0 Å². The van der Waals surface area contributed by atoms with E-state index in [1.807, 2.05) is 49.1 Å². The second-order valence-electron chi connectivity index (χ2n) is 6.81. The number of likely N-dealkylation sites (N-methyl/N-ethyl adjacent to an activating group) is 1. The van der Waals surface area contributed by atoms with Gasteiger partial charge in [0.15, 0.2) is 0 Å². The zero-order valence-electron chi connectivity index (χ0n) is 15.2. The van der Waals surface area contributed by atoms with Gasteiger partial charge in [0.25, 0.3) is 5.56 Å². The summed E-state index contributed by atoms with van der Waals surface area (Å²) in [7, 11) is 1.73. The van der Waals surface area contributed by atoms with Crippen molar-refractivity contribution >= 4 is 22.5 Å². The van der Waals surface area contributed by atoms with Crippen molar-refractivity contribution in [3.63, 3.8) is 0 Å². The number of para-hydroxylation sites is 1. The maximum atomic E-state index is 13.0. The van der Waals surface area contributed by atoms with Crippen LogP contribution in [-0.4, -0.2) is 22.0 Å². The van der Waals surface area contributed by atoms with E-state index in [4.69, 9.17) is 0 Å². The molecule has 0 saturated carbocycles. The lowest BCUT2D eigenvalue weighted by Gasteiger charge is -2.16. The summed E-state index contributed by atoms with van der Waals surface area (Å²) < 4.78 is 1.57. The maximum Gasteiger partial charge on any atom is 0.261 e. The summed E-state index contributed by atoms with van der Waals surface area (Å²) in [4.78, 5) is 32.1. The van der Waals surface area contributed by atoms with E-state index >= 15 is 0 Å². The van der Waals surface area contributed by atoms with Crippen molar-refractivity contribution in [2.75, 3.05) is 11.4 Å². The van der Waals surface area contributed by atoms with Crippen LogP contribution in [0.15, 0.2) is 47.3 Å². The molecule has 132 valence electrons. The number of nitrogens with zero attached hydrogens (tertiary/aromatic N) is 3. The lowest BCUT2D eigenvalue weighted by atomic mass is 9.95. The van der Waals surface area contributed by atoms with Crippen LogP contribution in [0.4, 0.5) is 5.69 Å². The Morgan fingerprint density at radius 2 is 1.88 bits per heavy atom. The highest BCUT2D eigenvalue weighted by atomic mass is 16.2. The molecule has 0 radical (unpaired) electrons. The van der Waals surface area contributed by atoms with Crippen LogP contribution in [0, 0.1) is 6.92 Å². The molecule has 1 atom stereocenters. The third kappa shape index (κ3) is 2.43. The Morgan fingerprint density at radius 1 is 1.12 bits per heavy atom. The number of amides is 1. The normalized spacial score (nSPS) is 16.3. The third-order valence-corrected chi connectivity index (χ3v) is 5.19. The summed E-state index contributed by atoms with van der Waals surface area (Å²) in [6, 6.07) is 13.5. The van der Waals surface area contributed by atoms with E-state index in [1.165, 1.54) is 0 Å². The van der Waals surface area contributed by atoms with Gasteiger partial charge in [-0.2, -0.15) is 0 Å². The number of carbonyl (C=O) groups excluding carboxylic acids is 1. The molecule has 1 aromatic heterocycles. The van der Waals surface area contributed by atoms with E-state index in [-0.39, 0.29) is 17.4 Å². The highest BCUT2D eigenvalue weighted by Gasteiger charge is 2.37. The second-order valence-corrected chi connectivity index (χ2v) is 6.81. The summed E-state index contributed by atoms with van der Waals surface area (Å²) in [5.74, 6) is 0.414. The van der Waals surface area contributed by atoms with Crippen LogP contribution < -0.4 is 10.5 Å². The Bertz CT molecular complexity index is 1080. The molecule has 2 heterocycles. The number of aryl methyl sites for hydroxylation is 1. The molecule has 5 nitrogen and oxygen atoms in total. The number of fused-ring (bicyclic) bond motifs is 2. The summed E-state index contributed by atoms with van der Waals surface area (Å²) in [6.45, 7) is 4.64. The first kappa shape index (κ1) is 16.5. The van der Waals surface area contributed by atoms with Crippen LogP contribution in [0.3, 0.4) is 0 Å². The van der Waals surface area contributed by atoms with Crippen LogP contribution in [-0.2, 0) is 18.3 Å². The minimum atomic E-state index is -0.302. The topological polar surface area (TPSA) is 55.2 Å². The smallest absolute Gasteiger partial charge is 0.261 e. The van der Waals surface area contributed by atoms with Crippen molar-refractivity contribution in [2.45, 2.75) is 26.2 Å². The van der Waals surface area contributed by atoms with Crippen molar-refractivity contribution in [3.05, 3.63) is 69.8 Å². The molecule has 0 spiro atoms. The maximum absolute atomic E-state index is 13.0. The van der Waals surface area contributed by atoms with Crippen molar-refractivity contribution in [3.8, 4) is 0 Å². The predicted octanol–water partition coefficient (Wildman–Crippen LogP) is 2.93. The van der Waals surface area contributed by atoms with Gasteiger partial charge in [-0.05, 0) is 37.6 Å². The van der Waals surface area contributed by atoms with Crippen LogP contribution >= 0.6 is 0 Å². The third-order valence-electron chi connectivity index (χ3n) is 5.19. The summed E-state index contributed by atoms with van der Waals surface area (Å²) in [6.07, 6.45) is 0.419. The van der Waals surface area contributed by atoms with Crippen LogP contribution in [0.1, 0.15) is 29.8 Å². The first-order valence-electron chi connectivity index (χ1n) is 8.87. The number of hydrogen-bond acceptors (Lipinski definition) is 3. The Kier molecular flexibility index (Phi) is 3.87. The van der Waals surface area contributed by atoms with Gasteiger partial charge < -0.3 is 4.90 Å². The van der Waals surface area contributed by atoms with Gasteiger partial charge in [-0.15, -0.1) is 0 Å². The predicted molar refractivity (Wildman–Crippen MR) is 103 cm³/mol. The van der Waals surface area contributed by atoms with Gasteiger partial charge in [0.1, 0.15) is 5.82 Å². The Hall–Kier alpha value is -2.95. The molecule has 0 unspecified atom stereocenters. The summed E-state index contributed by atoms with van der Waals surface area (Å²) in [5, 5.41) is 0.600. The molecule has 5 heteroatoms. The molecular weight excluding hydrogens is 326 g/mol. The molecule has 0 fully saturated rings.